The Morgan fingerprint density at radius 1 is 1.21 bits per heavy atom. The van der Waals surface area contributed by atoms with Crippen LogP contribution in [0.2, 0.25) is 0 Å². The van der Waals surface area contributed by atoms with Crippen molar-refractivity contribution in [2.75, 3.05) is 7.05 Å². The van der Waals surface area contributed by atoms with Crippen molar-refractivity contribution in [1.29, 1.82) is 0 Å². The lowest BCUT2D eigenvalue weighted by Crippen LogP contribution is -2.50. The van der Waals surface area contributed by atoms with Crippen molar-refractivity contribution < 1.29 is 19.8 Å². The van der Waals surface area contributed by atoms with Crippen LogP contribution in [0.15, 0.2) is 30.3 Å². The van der Waals surface area contributed by atoms with Crippen LogP contribution in [-0.2, 0) is 9.59 Å². The number of benzene rings is 1. The monoisotopic (exact) mass is 263 g/mol. The lowest BCUT2D eigenvalue weighted by molar-refractivity contribution is -0.153. The molecule has 0 aliphatic rings. The van der Waals surface area contributed by atoms with Crippen molar-refractivity contribution >= 4 is 18.0 Å². The van der Waals surface area contributed by atoms with E-state index in [2.05, 4.69) is 0 Å². The fourth-order valence-corrected chi connectivity index (χ4v) is 1.28. The van der Waals surface area contributed by atoms with Gasteiger partial charge >= 0.3 is 5.97 Å². The van der Waals surface area contributed by atoms with Crippen molar-refractivity contribution in [2.24, 2.45) is 0 Å². The molecule has 0 aliphatic heterocycles. The summed E-state index contributed by atoms with van der Waals surface area (Å²) >= 11 is 0. The van der Waals surface area contributed by atoms with Crippen LogP contribution in [0.3, 0.4) is 0 Å². The molecule has 0 spiro atoms. The topological polar surface area (TPSA) is 77.8 Å². The number of carbonyl (C=O) groups excluding carboxylic acids is 1. The number of hydrogen-bond acceptors (Lipinski definition) is 3. The van der Waals surface area contributed by atoms with Crippen LogP contribution < -0.4 is 0 Å². The second kappa shape index (κ2) is 5.56. The molecule has 0 unspecified atom stereocenters. The fraction of sp³-hybridized carbons (Fsp3) is 0.286. The number of phenolic OH excluding ortho intramolecular Hbond substituents is 1. The van der Waals surface area contributed by atoms with Gasteiger partial charge in [0.15, 0.2) is 0 Å². The van der Waals surface area contributed by atoms with Crippen molar-refractivity contribution in [3.8, 4) is 5.75 Å². The molecule has 0 fully saturated rings. The lowest BCUT2D eigenvalue weighted by Gasteiger charge is -2.30. The van der Waals surface area contributed by atoms with Gasteiger partial charge in [0.1, 0.15) is 11.3 Å². The molecule has 1 aromatic carbocycles. The minimum Gasteiger partial charge on any atom is -0.508 e. The van der Waals surface area contributed by atoms with Crippen molar-refractivity contribution in [3.63, 3.8) is 0 Å². The predicted molar refractivity (Wildman–Crippen MR) is 71.6 cm³/mol. The van der Waals surface area contributed by atoms with Crippen molar-refractivity contribution in [2.45, 2.75) is 19.4 Å². The van der Waals surface area contributed by atoms with Gasteiger partial charge in [-0.1, -0.05) is 12.1 Å². The van der Waals surface area contributed by atoms with E-state index in [0.29, 0.717) is 0 Å². The summed E-state index contributed by atoms with van der Waals surface area (Å²) in [6, 6.07) is 6.33. The molecule has 0 bridgehead atoms. The highest BCUT2D eigenvalue weighted by atomic mass is 16.4. The second-order valence-electron chi connectivity index (χ2n) is 4.69. The first kappa shape index (κ1) is 14.8. The fourth-order valence-electron chi connectivity index (χ4n) is 1.28. The number of nitrogens with zero attached hydrogens (tertiary/aromatic N) is 1. The number of carboxylic acid groups (broad SMARTS) is 1. The zero-order valence-corrected chi connectivity index (χ0v) is 11.1. The van der Waals surface area contributed by atoms with E-state index in [1.807, 2.05) is 0 Å². The van der Waals surface area contributed by atoms with Crippen LogP contribution >= 0.6 is 0 Å². The molecule has 5 heteroatoms. The number of aliphatic carboxylic acids is 1. The van der Waals surface area contributed by atoms with Gasteiger partial charge in [-0.2, -0.15) is 0 Å². The molecule has 1 aromatic rings. The Balaban J connectivity index is 2.80. The van der Waals surface area contributed by atoms with E-state index in [-0.39, 0.29) is 5.75 Å². The summed E-state index contributed by atoms with van der Waals surface area (Å²) in [5.74, 6) is -1.32. The Morgan fingerprint density at radius 3 is 2.21 bits per heavy atom. The van der Waals surface area contributed by atoms with Gasteiger partial charge in [0.2, 0.25) is 5.91 Å². The SMILES string of the molecule is CN(C(=O)C=Cc1ccc(O)cc1)C(C)(C)C(=O)O. The highest BCUT2D eigenvalue weighted by molar-refractivity contribution is 5.95. The molecule has 0 saturated carbocycles. The molecule has 1 rings (SSSR count). The van der Waals surface area contributed by atoms with E-state index >= 15 is 0 Å². The highest BCUT2D eigenvalue weighted by Crippen LogP contribution is 2.14. The molecule has 5 nitrogen and oxygen atoms in total. The molecule has 0 atom stereocenters. The zero-order chi connectivity index (χ0) is 14.6. The van der Waals surface area contributed by atoms with Gasteiger partial charge in [-0.3, -0.25) is 4.79 Å². The van der Waals surface area contributed by atoms with Crippen LogP contribution in [0.4, 0.5) is 0 Å². The van der Waals surface area contributed by atoms with E-state index in [1.165, 1.54) is 39.1 Å². The van der Waals surface area contributed by atoms with Gasteiger partial charge in [-0.25, -0.2) is 4.79 Å². The molecule has 0 aromatic heterocycles. The molecular weight excluding hydrogens is 246 g/mol. The molecule has 2 N–H and O–H groups in total. The van der Waals surface area contributed by atoms with E-state index < -0.39 is 17.4 Å². The van der Waals surface area contributed by atoms with Gasteiger partial charge in [0.25, 0.3) is 0 Å². The number of hydrogen-bond donors (Lipinski definition) is 2. The van der Waals surface area contributed by atoms with Crippen LogP contribution in [0.1, 0.15) is 19.4 Å². The first-order chi connectivity index (χ1) is 8.75. The summed E-state index contributed by atoms with van der Waals surface area (Å²) in [6.45, 7) is 2.92. The Morgan fingerprint density at radius 2 is 1.74 bits per heavy atom. The number of aromatic hydroxyl groups is 1. The Hall–Kier alpha value is -2.30. The number of rotatable bonds is 4. The Labute approximate surface area is 111 Å². The first-order valence-corrected chi connectivity index (χ1v) is 5.73. The van der Waals surface area contributed by atoms with E-state index in [4.69, 9.17) is 10.2 Å². The van der Waals surface area contributed by atoms with E-state index in [9.17, 15) is 9.59 Å². The Bertz CT molecular complexity index is 503. The van der Waals surface area contributed by atoms with Gasteiger partial charge in [-0.05, 0) is 37.6 Å². The van der Waals surface area contributed by atoms with Crippen LogP contribution in [0.25, 0.3) is 6.08 Å². The minimum absolute atomic E-state index is 0.146. The lowest BCUT2D eigenvalue weighted by atomic mass is 10.0. The zero-order valence-electron chi connectivity index (χ0n) is 11.1. The summed E-state index contributed by atoms with van der Waals surface area (Å²) in [5, 5.41) is 18.2. The molecule has 0 aliphatic carbocycles. The summed E-state index contributed by atoms with van der Waals surface area (Å²) in [4.78, 5) is 24.1. The van der Waals surface area contributed by atoms with Crippen molar-refractivity contribution in [3.05, 3.63) is 35.9 Å². The number of likely N-dealkylation sites (N-methyl/N-ethyl adjacent to an activating group) is 1. The normalized spacial score (nSPS) is 11.5. The number of carbonyl (C=O) groups is 2. The van der Waals surface area contributed by atoms with Gasteiger partial charge < -0.3 is 15.1 Å². The van der Waals surface area contributed by atoms with Gasteiger partial charge in [0, 0.05) is 13.1 Å². The minimum atomic E-state index is -1.27. The third-order valence-corrected chi connectivity index (χ3v) is 3.00. The average Bonchev–Trinajstić information content (AvgIpc) is 2.36. The molecule has 102 valence electrons. The molecule has 0 radical (unpaired) electrons. The third-order valence-electron chi connectivity index (χ3n) is 3.00. The maximum atomic E-state index is 11.9. The van der Waals surface area contributed by atoms with Crippen LogP contribution in [-0.4, -0.2) is 39.6 Å². The standard InChI is InChI=1S/C14H17NO4/c1-14(2,13(18)19)15(3)12(17)9-6-10-4-7-11(16)8-5-10/h4-9,16H,1-3H3,(H,18,19). The van der Waals surface area contributed by atoms with Crippen molar-refractivity contribution in [1.82, 2.24) is 4.90 Å². The first-order valence-electron chi connectivity index (χ1n) is 5.73. The molecule has 0 heterocycles. The van der Waals surface area contributed by atoms with Crippen LogP contribution in [0, 0.1) is 0 Å². The van der Waals surface area contributed by atoms with Gasteiger partial charge in [0.05, 0.1) is 0 Å². The predicted octanol–water partition coefficient (Wildman–Crippen LogP) is 1.73. The smallest absolute Gasteiger partial charge is 0.329 e. The Kier molecular flexibility index (Phi) is 4.32. The maximum absolute atomic E-state index is 11.9. The highest BCUT2D eigenvalue weighted by Gasteiger charge is 2.34. The molecule has 1 amide bonds. The summed E-state index contributed by atoms with van der Waals surface area (Å²) in [6.07, 6.45) is 2.87. The summed E-state index contributed by atoms with van der Waals surface area (Å²) in [5.41, 5.74) is -0.524. The quantitative estimate of drug-likeness (QED) is 0.811. The molecule has 0 saturated heterocycles. The number of amides is 1. The maximum Gasteiger partial charge on any atom is 0.329 e. The van der Waals surface area contributed by atoms with E-state index in [1.54, 1.807) is 18.2 Å². The average molecular weight is 263 g/mol. The summed E-state index contributed by atoms with van der Waals surface area (Å²) in [7, 11) is 1.44. The van der Waals surface area contributed by atoms with Crippen LogP contribution in [0.5, 0.6) is 5.75 Å². The van der Waals surface area contributed by atoms with Gasteiger partial charge in [-0.15, -0.1) is 0 Å². The number of phenols is 1. The third kappa shape index (κ3) is 3.58. The number of carboxylic acids is 1. The second-order valence-corrected chi connectivity index (χ2v) is 4.69. The molecule has 19 heavy (non-hydrogen) atoms. The largest absolute Gasteiger partial charge is 0.508 e. The molecular formula is C14H17NO4. The summed E-state index contributed by atoms with van der Waals surface area (Å²) < 4.78 is 0. The van der Waals surface area contributed by atoms with E-state index in [0.717, 1.165) is 10.5 Å².